The first-order valence-corrected chi connectivity index (χ1v) is 7.27. The minimum absolute atomic E-state index is 0.0988. The smallest absolute Gasteiger partial charge is 0.337 e. The van der Waals surface area contributed by atoms with E-state index < -0.39 is 11.6 Å². The van der Waals surface area contributed by atoms with Gasteiger partial charge in [-0.3, -0.25) is 4.79 Å². The largest absolute Gasteiger partial charge is 0.493 e. The van der Waals surface area contributed by atoms with Crippen molar-refractivity contribution in [2.24, 2.45) is 0 Å². The number of carbonyl (C=O) groups is 2. The molecule has 0 aromatic heterocycles. The number of carboxylic acids is 1. The molecule has 8 nitrogen and oxygen atoms in total. The predicted molar refractivity (Wildman–Crippen MR) is 85.7 cm³/mol. The highest BCUT2D eigenvalue weighted by Gasteiger charge is 2.30. The van der Waals surface area contributed by atoms with Crippen molar-refractivity contribution in [2.45, 2.75) is 25.4 Å². The van der Waals surface area contributed by atoms with Gasteiger partial charge in [0.05, 0.1) is 27.9 Å². The Hall–Kier alpha value is -2.48. The van der Waals surface area contributed by atoms with Gasteiger partial charge in [0.1, 0.15) is 0 Å². The molecule has 0 radical (unpaired) electrons. The van der Waals surface area contributed by atoms with Gasteiger partial charge in [-0.1, -0.05) is 6.07 Å². The number of carboxylic acid groups (broad SMARTS) is 1. The van der Waals surface area contributed by atoms with Crippen LogP contribution in [0.2, 0.25) is 0 Å². The Labute approximate surface area is 140 Å². The van der Waals surface area contributed by atoms with Crippen molar-refractivity contribution in [3.05, 3.63) is 17.7 Å². The predicted octanol–water partition coefficient (Wildman–Crippen LogP) is 0.597. The van der Waals surface area contributed by atoms with Gasteiger partial charge < -0.3 is 29.7 Å². The summed E-state index contributed by atoms with van der Waals surface area (Å²) in [5.41, 5.74) is -1.26. The SMILES string of the molecule is COc1ccc(CCC(=O)NCC(C)(O)C(=O)O)c(OC)c1OC. The van der Waals surface area contributed by atoms with E-state index in [-0.39, 0.29) is 18.9 Å². The van der Waals surface area contributed by atoms with E-state index >= 15 is 0 Å². The molecule has 0 bridgehead atoms. The van der Waals surface area contributed by atoms with Gasteiger partial charge in [0.25, 0.3) is 0 Å². The van der Waals surface area contributed by atoms with E-state index in [4.69, 9.17) is 19.3 Å². The number of carbonyl (C=O) groups excluding carboxylic acids is 1. The molecular weight excluding hydrogens is 318 g/mol. The summed E-state index contributed by atoms with van der Waals surface area (Å²) in [5.74, 6) is -0.355. The number of amides is 1. The highest BCUT2D eigenvalue weighted by Crippen LogP contribution is 2.40. The number of hydrogen-bond acceptors (Lipinski definition) is 6. The lowest BCUT2D eigenvalue weighted by atomic mass is 10.1. The number of nitrogens with one attached hydrogen (secondary N) is 1. The zero-order valence-electron chi connectivity index (χ0n) is 14.2. The van der Waals surface area contributed by atoms with Crippen LogP contribution in [0.3, 0.4) is 0 Å². The Kier molecular flexibility index (Phi) is 6.84. The van der Waals surface area contributed by atoms with Crippen molar-refractivity contribution >= 4 is 11.9 Å². The number of aryl methyl sites for hydroxylation is 1. The summed E-state index contributed by atoms with van der Waals surface area (Å²) < 4.78 is 15.8. The van der Waals surface area contributed by atoms with Gasteiger partial charge in [-0.05, 0) is 25.0 Å². The fraction of sp³-hybridized carbons (Fsp3) is 0.500. The van der Waals surface area contributed by atoms with Gasteiger partial charge in [0, 0.05) is 6.42 Å². The quantitative estimate of drug-likeness (QED) is 0.602. The van der Waals surface area contributed by atoms with Crippen LogP contribution in [0.5, 0.6) is 17.2 Å². The highest BCUT2D eigenvalue weighted by atomic mass is 16.5. The Balaban J connectivity index is 2.74. The summed E-state index contributed by atoms with van der Waals surface area (Å²) in [6, 6.07) is 3.48. The summed E-state index contributed by atoms with van der Waals surface area (Å²) in [7, 11) is 4.49. The van der Waals surface area contributed by atoms with Crippen LogP contribution in [0.25, 0.3) is 0 Å². The van der Waals surface area contributed by atoms with Crippen LogP contribution in [0.4, 0.5) is 0 Å². The molecule has 0 saturated carbocycles. The monoisotopic (exact) mass is 341 g/mol. The molecule has 24 heavy (non-hydrogen) atoms. The topological polar surface area (TPSA) is 114 Å². The summed E-state index contributed by atoms with van der Waals surface area (Å²) in [4.78, 5) is 22.6. The van der Waals surface area contributed by atoms with Crippen LogP contribution in [0.1, 0.15) is 18.9 Å². The van der Waals surface area contributed by atoms with Gasteiger partial charge in [-0.15, -0.1) is 0 Å². The molecule has 0 aliphatic heterocycles. The maximum Gasteiger partial charge on any atom is 0.337 e. The lowest BCUT2D eigenvalue weighted by Gasteiger charge is -2.18. The van der Waals surface area contributed by atoms with Crippen molar-refractivity contribution in [3.8, 4) is 17.2 Å². The molecule has 1 unspecified atom stereocenters. The number of ether oxygens (including phenoxy) is 3. The first-order valence-electron chi connectivity index (χ1n) is 7.27. The number of hydrogen-bond donors (Lipinski definition) is 3. The van der Waals surface area contributed by atoms with Gasteiger partial charge in [0.15, 0.2) is 17.1 Å². The molecule has 8 heteroatoms. The van der Waals surface area contributed by atoms with E-state index in [2.05, 4.69) is 5.32 Å². The van der Waals surface area contributed by atoms with Crippen LogP contribution in [-0.2, 0) is 16.0 Å². The first kappa shape index (κ1) is 19.6. The maximum atomic E-state index is 11.9. The molecule has 1 atom stereocenters. The van der Waals surface area contributed by atoms with E-state index in [9.17, 15) is 14.7 Å². The molecule has 3 N–H and O–H groups in total. The third kappa shape index (κ3) is 4.76. The summed E-state index contributed by atoms with van der Waals surface area (Å²) >= 11 is 0. The molecule has 1 rings (SSSR count). The zero-order valence-corrected chi connectivity index (χ0v) is 14.2. The lowest BCUT2D eigenvalue weighted by Crippen LogP contribution is -2.46. The Morgan fingerprint density at radius 1 is 1.12 bits per heavy atom. The third-order valence-corrected chi connectivity index (χ3v) is 3.50. The second-order valence-electron chi connectivity index (χ2n) is 5.35. The van der Waals surface area contributed by atoms with Crippen LogP contribution in [0.15, 0.2) is 12.1 Å². The van der Waals surface area contributed by atoms with Crippen molar-refractivity contribution in [1.82, 2.24) is 5.32 Å². The first-order chi connectivity index (χ1) is 11.3. The van der Waals surface area contributed by atoms with Gasteiger partial charge in [0.2, 0.25) is 11.7 Å². The molecule has 0 saturated heterocycles. The van der Waals surface area contributed by atoms with Crippen LogP contribution in [0, 0.1) is 0 Å². The molecule has 0 heterocycles. The van der Waals surface area contributed by atoms with Gasteiger partial charge in [-0.2, -0.15) is 0 Å². The van der Waals surface area contributed by atoms with E-state index in [1.54, 1.807) is 12.1 Å². The zero-order chi connectivity index (χ0) is 18.3. The number of benzene rings is 1. The van der Waals surface area contributed by atoms with E-state index in [0.29, 0.717) is 23.7 Å². The molecule has 0 fully saturated rings. The van der Waals surface area contributed by atoms with E-state index in [1.165, 1.54) is 21.3 Å². The lowest BCUT2D eigenvalue weighted by molar-refractivity contribution is -0.156. The van der Waals surface area contributed by atoms with Crippen LogP contribution in [-0.4, -0.2) is 55.6 Å². The molecular formula is C16H23NO7. The van der Waals surface area contributed by atoms with Crippen molar-refractivity contribution in [3.63, 3.8) is 0 Å². The van der Waals surface area contributed by atoms with Crippen molar-refractivity contribution in [1.29, 1.82) is 0 Å². The molecule has 1 aromatic carbocycles. The summed E-state index contributed by atoms with van der Waals surface area (Å²) in [6.45, 7) is 0.747. The van der Waals surface area contributed by atoms with E-state index in [1.807, 2.05) is 0 Å². The summed E-state index contributed by atoms with van der Waals surface area (Å²) in [6.07, 6.45) is 0.451. The average molecular weight is 341 g/mol. The minimum atomic E-state index is -2.00. The van der Waals surface area contributed by atoms with E-state index in [0.717, 1.165) is 12.5 Å². The second kappa shape index (κ2) is 8.39. The second-order valence-corrected chi connectivity index (χ2v) is 5.35. The van der Waals surface area contributed by atoms with Crippen LogP contribution < -0.4 is 19.5 Å². The number of aliphatic carboxylic acids is 1. The molecule has 1 amide bonds. The number of rotatable bonds is 9. The molecule has 0 aliphatic carbocycles. The van der Waals surface area contributed by atoms with Crippen molar-refractivity contribution in [2.75, 3.05) is 27.9 Å². The Morgan fingerprint density at radius 2 is 1.75 bits per heavy atom. The average Bonchev–Trinajstić information content (AvgIpc) is 2.56. The number of aliphatic hydroxyl groups is 1. The van der Waals surface area contributed by atoms with Crippen molar-refractivity contribution < 1.29 is 34.0 Å². The molecule has 0 spiro atoms. The maximum absolute atomic E-state index is 11.9. The normalized spacial score (nSPS) is 12.9. The van der Waals surface area contributed by atoms with Crippen LogP contribution >= 0.6 is 0 Å². The van der Waals surface area contributed by atoms with Gasteiger partial charge >= 0.3 is 5.97 Å². The molecule has 0 aliphatic rings. The highest BCUT2D eigenvalue weighted by molar-refractivity contribution is 5.80. The fourth-order valence-corrected chi connectivity index (χ4v) is 2.04. The fourth-order valence-electron chi connectivity index (χ4n) is 2.04. The Bertz CT molecular complexity index is 598. The summed E-state index contributed by atoms with van der Waals surface area (Å²) in [5, 5.41) is 20.8. The molecule has 134 valence electrons. The molecule has 1 aromatic rings. The third-order valence-electron chi connectivity index (χ3n) is 3.50. The Morgan fingerprint density at radius 3 is 2.25 bits per heavy atom. The standard InChI is InChI=1S/C16H23NO7/c1-16(21,15(19)20)9-17-12(18)8-6-10-5-7-11(22-2)14(24-4)13(10)23-3/h5,7,21H,6,8-9H2,1-4H3,(H,17,18)(H,19,20). The number of methoxy groups -OCH3 is 3. The minimum Gasteiger partial charge on any atom is -0.493 e. The van der Waals surface area contributed by atoms with Gasteiger partial charge in [-0.25, -0.2) is 4.79 Å².